The predicted molar refractivity (Wildman–Crippen MR) is 97.6 cm³/mol. The molecular weight excluding hydrogens is 346 g/mol. The second-order valence-corrected chi connectivity index (χ2v) is 5.89. The van der Waals surface area contributed by atoms with E-state index in [1.54, 1.807) is 19.1 Å². The summed E-state index contributed by atoms with van der Waals surface area (Å²) in [5, 5.41) is 17.1. The van der Waals surface area contributed by atoms with Gasteiger partial charge in [0.15, 0.2) is 0 Å². The molecule has 0 spiro atoms. The molecule has 0 aliphatic heterocycles. The summed E-state index contributed by atoms with van der Waals surface area (Å²) in [6.45, 7) is 3.58. The van der Waals surface area contributed by atoms with Gasteiger partial charge in [-0.15, -0.1) is 0 Å². The Kier molecular flexibility index (Phi) is 5.82. The van der Waals surface area contributed by atoms with Gasteiger partial charge >= 0.3 is 0 Å². The molecule has 8 heteroatoms. The lowest BCUT2D eigenvalue weighted by Crippen LogP contribution is -2.32. The first-order valence-electron chi connectivity index (χ1n) is 7.48. The van der Waals surface area contributed by atoms with Crippen molar-refractivity contribution in [1.82, 2.24) is 0 Å². The summed E-state index contributed by atoms with van der Waals surface area (Å²) < 4.78 is 5.13. The monoisotopic (exact) mass is 363 g/mol. The van der Waals surface area contributed by atoms with Crippen LogP contribution in [0.2, 0.25) is 5.02 Å². The van der Waals surface area contributed by atoms with Gasteiger partial charge < -0.3 is 15.4 Å². The zero-order chi connectivity index (χ0) is 18.6. The quantitative estimate of drug-likeness (QED) is 0.597. The van der Waals surface area contributed by atoms with Crippen LogP contribution in [0.15, 0.2) is 36.4 Å². The third-order valence-electron chi connectivity index (χ3n) is 3.54. The molecule has 0 bridgehead atoms. The van der Waals surface area contributed by atoms with Gasteiger partial charge in [-0.05, 0) is 37.6 Å². The van der Waals surface area contributed by atoms with E-state index in [1.807, 2.05) is 13.0 Å². The van der Waals surface area contributed by atoms with Crippen LogP contribution in [0.25, 0.3) is 0 Å². The molecule has 0 radical (unpaired) electrons. The van der Waals surface area contributed by atoms with Crippen molar-refractivity contribution in [2.45, 2.75) is 19.9 Å². The molecule has 0 unspecified atom stereocenters. The van der Waals surface area contributed by atoms with E-state index in [2.05, 4.69) is 10.6 Å². The Hall–Kier alpha value is -2.80. The number of nitrogens with zero attached hydrogens (tertiary/aromatic N) is 1. The van der Waals surface area contributed by atoms with Crippen LogP contribution in [-0.2, 0) is 4.79 Å². The Labute approximate surface area is 150 Å². The number of anilines is 2. The number of non-ortho nitro benzene ring substituents is 1. The Morgan fingerprint density at radius 3 is 2.56 bits per heavy atom. The van der Waals surface area contributed by atoms with Gasteiger partial charge in [-0.1, -0.05) is 17.7 Å². The number of methoxy groups -OCH3 is 1. The van der Waals surface area contributed by atoms with E-state index in [-0.39, 0.29) is 17.3 Å². The van der Waals surface area contributed by atoms with Crippen LogP contribution in [0.5, 0.6) is 5.75 Å². The van der Waals surface area contributed by atoms with E-state index in [4.69, 9.17) is 16.3 Å². The molecule has 0 heterocycles. The molecule has 0 saturated carbocycles. The van der Waals surface area contributed by atoms with Crippen molar-refractivity contribution < 1.29 is 14.5 Å². The van der Waals surface area contributed by atoms with Crippen molar-refractivity contribution in [1.29, 1.82) is 0 Å². The maximum atomic E-state index is 12.4. The van der Waals surface area contributed by atoms with E-state index in [0.717, 1.165) is 5.56 Å². The fraction of sp³-hybridized carbons (Fsp3) is 0.235. The van der Waals surface area contributed by atoms with Crippen LogP contribution in [0.3, 0.4) is 0 Å². The lowest BCUT2D eigenvalue weighted by molar-refractivity contribution is -0.384. The number of nitro groups is 1. The van der Waals surface area contributed by atoms with Gasteiger partial charge in [-0.3, -0.25) is 14.9 Å². The van der Waals surface area contributed by atoms with E-state index < -0.39 is 11.0 Å². The van der Waals surface area contributed by atoms with Crippen molar-refractivity contribution in [2.24, 2.45) is 0 Å². The highest BCUT2D eigenvalue weighted by atomic mass is 35.5. The summed E-state index contributed by atoms with van der Waals surface area (Å²) >= 11 is 6.15. The van der Waals surface area contributed by atoms with Gasteiger partial charge in [0.2, 0.25) is 5.91 Å². The van der Waals surface area contributed by atoms with Crippen molar-refractivity contribution in [3.05, 3.63) is 57.1 Å². The zero-order valence-electron chi connectivity index (χ0n) is 14.0. The number of rotatable bonds is 6. The maximum absolute atomic E-state index is 12.4. The molecule has 0 saturated heterocycles. The van der Waals surface area contributed by atoms with Gasteiger partial charge in [0.25, 0.3) is 5.69 Å². The third-order valence-corrected chi connectivity index (χ3v) is 3.85. The first-order valence-corrected chi connectivity index (χ1v) is 7.85. The number of nitro benzene ring substituents is 1. The lowest BCUT2D eigenvalue weighted by Gasteiger charge is -2.17. The number of amides is 1. The summed E-state index contributed by atoms with van der Waals surface area (Å²) in [4.78, 5) is 22.8. The SMILES string of the molecule is COc1ccc([N+](=O)[O-])cc1NC(=O)[C@H](C)Nc1ccc(C)cc1Cl. The van der Waals surface area contributed by atoms with Crippen molar-refractivity contribution in [3.63, 3.8) is 0 Å². The average Bonchev–Trinajstić information content (AvgIpc) is 2.57. The number of hydrogen-bond donors (Lipinski definition) is 2. The molecule has 132 valence electrons. The number of aryl methyl sites for hydroxylation is 1. The third kappa shape index (κ3) is 4.60. The van der Waals surface area contributed by atoms with Crippen LogP contribution in [0, 0.1) is 17.0 Å². The molecule has 0 aliphatic rings. The van der Waals surface area contributed by atoms with E-state index in [1.165, 1.54) is 25.3 Å². The van der Waals surface area contributed by atoms with Crippen LogP contribution in [-0.4, -0.2) is 24.0 Å². The molecule has 2 aromatic rings. The van der Waals surface area contributed by atoms with Crippen LogP contribution < -0.4 is 15.4 Å². The van der Waals surface area contributed by atoms with Gasteiger partial charge in [0, 0.05) is 12.1 Å². The first kappa shape index (κ1) is 18.5. The standard InChI is InChI=1S/C17H18ClN3O4/c1-10-4-6-14(13(18)8-10)19-11(2)17(22)20-15-9-12(21(23)24)5-7-16(15)25-3/h4-9,11,19H,1-3H3,(H,20,22)/t11-/m0/s1. The molecule has 7 nitrogen and oxygen atoms in total. The normalized spacial score (nSPS) is 11.5. The maximum Gasteiger partial charge on any atom is 0.271 e. The molecule has 0 aromatic heterocycles. The topological polar surface area (TPSA) is 93.5 Å². The van der Waals surface area contributed by atoms with Crippen LogP contribution in [0.1, 0.15) is 12.5 Å². The fourth-order valence-electron chi connectivity index (χ4n) is 2.18. The number of carbonyl (C=O) groups is 1. The number of ether oxygens (including phenoxy) is 1. The summed E-state index contributed by atoms with van der Waals surface area (Å²) in [6, 6.07) is 8.83. The van der Waals surface area contributed by atoms with E-state index in [9.17, 15) is 14.9 Å². The van der Waals surface area contributed by atoms with Crippen molar-refractivity contribution in [2.75, 3.05) is 17.7 Å². The number of halogens is 1. The highest BCUT2D eigenvalue weighted by Crippen LogP contribution is 2.29. The second kappa shape index (κ2) is 7.85. The Morgan fingerprint density at radius 2 is 1.96 bits per heavy atom. The number of benzene rings is 2. The summed E-state index contributed by atoms with van der Waals surface area (Å²) in [7, 11) is 1.42. The molecule has 0 fully saturated rings. The minimum absolute atomic E-state index is 0.140. The molecule has 2 rings (SSSR count). The summed E-state index contributed by atoms with van der Waals surface area (Å²) in [5.41, 5.74) is 1.72. The van der Waals surface area contributed by atoms with Gasteiger partial charge in [0.1, 0.15) is 11.8 Å². The molecule has 2 aromatic carbocycles. The molecule has 2 N–H and O–H groups in total. The minimum atomic E-state index is -0.621. The van der Waals surface area contributed by atoms with Gasteiger partial charge in [-0.25, -0.2) is 0 Å². The highest BCUT2D eigenvalue weighted by molar-refractivity contribution is 6.33. The first-order chi connectivity index (χ1) is 11.8. The summed E-state index contributed by atoms with van der Waals surface area (Å²) in [6.07, 6.45) is 0. The Balaban J connectivity index is 2.15. The molecule has 0 aliphatic carbocycles. The average molecular weight is 364 g/mol. The number of nitrogens with one attached hydrogen (secondary N) is 2. The van der Waals surface area contributed by atoms with Crippen molar-refractivity contribution >= 4 is 34.6 Å². The highest BCUT2D eigenvalue weighted by Gasteiger charge is 2.18. The number of carbonyl (C=O) groups excluding carboxylic acids is 1. The lowest BCUT2D eigenvalue weighted by atomic mass is 10.2. The molecule has 25 heavy (non-hydrogen) atoms. The Bertz CT molecular complexity index is 810. The smallest absolute Gasteiger partial charge is 0.271 e. The fourth-order valence-corrected chi connectivity index (χ4v) is 2.47. The molecule has 1 amide bonds. The van der Waals surface area contributed by atoms with E-state index in [0.29, 0.717) is 16.5 Å². The molecule has 1 atom stereocenters. The predicted octanol–water partition coefficient (Wildman–Crippen LogP) is 4.00. The number of hydrogen-bond acceptors (Lipinski definition) is 5. The second-order valence-electron chi connectivity index (χ2n) is 5.48. The zero-order valence-corrected chi connectivity index (χ0v) is 14.8. The Morgan fingerprint density at radius 1 is 1.24 bits per heavy atom. The van der Waals surface area contributed by atoms with E-state index >= 15 is 0 Å². The molecular formula is C17H18ClN3O4. The van der Waals surface area contributed by atoms with Gasteiger partial charge in [0.05, 0.1) is 28.4 Å². The summed E-state index contributed by atoms with van der Waals surface area (Å²) in [5.74, 6) is -0.0463. The largest absolute Gasteiger partial charge is 0.495 e. The van der Waals surface area contributed by atoms with Crippen LogP contribution in [0.4, 0.5) is 17.1 Å². The minimum Gasteiger partial charge on any atom is -0.495 e. The van der Waals surface area contributed by atoms with Crippen molar-refractivity contribution in [3.8, 4) is 5.75 Å². The van der Waals surface area contributed by atoms with Crippen LogP contribution >= 0.6 is 11.6 Å². The van der Waals surface area contributed by atoms with Gasteiger partial charge in [-0.2, -0.15) is 0 Å².